The number of urea groups is 1. The summed E-state index contributed by atoms with van der Waals surface area (Å²) in [5.41, 5.74) is -2.62. The van der Waals surface area contributed by atoms with Crippen LogP contribution in [0, 0.1) is 10.1 Å². The summed E-state index contributed by atoms with van der Waals surface area (Å²) in [7, 11) is 1.53. The van der Waals surface area contributed by atoms with E-state index in [2.05, 4.69) is 5.32 Å². The van der Waals surface area contributed by atoms with Crippen molar-refractivity contribution in [3.8, 4) is 0 Å². The molecule has 1 fully saturated rings. The molecule has 0 spiro atoms. The Morgan fingerprint density at radius 3 is 2.75 bits per heavy atom. The van der Waals surface area contributed by atoms with Gasteiger partial charge in [-0.3, -0.25) is 10.1 Å². The smallest absolute Gasteiger partial charge is 0.380 e. The zero-order valence-corrected chi connectivity index (χ0v) is 12.8. The number of likely N-dealkylation sites (tertiary alicyclic amines) is 1. The number of methoxy groups -OCH3 is 1. The molecule has 0 unspecified atom stereocenters. The van der Waals surface area contributed by atoms with Crippen molar-refractivity contribution < 1.29 is 27.6 Å². The predicted octanol–water partition coefficient (Wildman–Crippen LogP) is 3.26. The van der Waals surface area contributed by atoms with Crippen molar-refractivity contribution in [2.24, 2.45) is 0 Å². The first kappa shape index (κ1) is 18.0. The summed E-state index contributed by atoms with van der Waals surface area (Å²) < 4.78 is 44.0. The molecule has 1 aromatic carbocycles. The van der Waals surface area contributed by atoms with Gasteiger partial charge < -0.3 is 15.0 Å². The molecule has 2 rings (SSSR count). The number of amides is 2. The monoisotopic (exact) mass is 347 g/mol. The standard InChI is InChI=1S/C14H16F3N3O4/c1-24-10-3-2-6-19(8-10)13(21)18-9-4-5-12(20(22)23)11(7-9)14(15,16)17/h4-5,7,10H,2-3,6,8H2,1H3,(H,18,21)/t10-/m0/s1. The van der Waals surface area contributed by atoms with Crippen LogP contribution in [0.2, 0.25) is 0 Å². The highest BCUT2D eigenvalue weighted by molar-refractivity contribution is 5.89. The first-order valence-corrected chi connectivity index (χ1v) is 7.16. The molecule has 1 aliphatic rings. The van der Waals surface area contributed by atoms with Crippen LogP contribution in [0.3, 0.4) is 0 Å². The quantitative estimate of drug-likeness (QED) is 0.672. The van der Waals surface area contributed by atoms with E-state index < -0.39 is 28.4 Å². The Labute approximate surface area is 135 Å². The summed E-state index contributed by atoms with van der Waals surface area (Å²) in [5, 5.41) is 13.1. The highest BCUT2D eigenvalue weighted by atomic mass is 19.4. The molecule has 132 valence electrons. The third-order valence-corrected chi connectivity index (χ3v) is 3.75. The van der Waals surface area contributed by atoms with Gasteiger partial charge in [0.25, 0.3) is 5.69 Å². The number of anilines is 1. The molecule has 0 saturated carbocycles. The number of nitro groups is 1. The van der Waals surface area contributed by atoms with Crippen molar-refractivity contribution in [1.82, 2.24) is 4.90 Å². The molecule has 1 aromatic rings. The topological polar surface area (TPSA) is 84.7 Å². The number of ether oxygens (including phenoxy) is 1. The fourth-order valence-corrected chi connectivity index (χ4v) is 2.52. The number of rotatable bonds is 3. The molecule has 0 radical (unpaired) electrons. The van der Waals surface area contributed by atoms with Crippen LogP contribution < -0.4 is 5.32 Å². The normalized spacial score (nSPS) is 18.3. The molecule has 7 nitrogen and oxygen atoms in total. The Balaban J connectivity index is 2.18. The molecule has 0 aliphatic carbocycles. The SMILES string of the molecule is CO[C@H]1CCCN(C(=O)Nc2ccc([N+](=O)[O-])c(C(F)(F)F)c2)C1. The molecule has 24 heavy (non-hydrogen) atoms. The minimum absolute atomic E-state index is 0.118. The van der Waals surface area contributed by atoms with E-state index >= 15 is 0 Å². The third-order valence-electron chi connectivity index (χ3n) is 3.75. The van der Waals surface area contributed by atoms with Crippen molar-refractivity contribution in [3.05, 3.63) is 33.9 Å². The van der Waals surface area contributed by atoms with Gasteiger partial charge in [0.15, 0.2) is 0 Å². The molecule has 1 N–H and O–H groups in total. The van der Waals surface area contributed by atoms with E-state index in [1.807, 2.05) is 0 Å². The summed E-state index contributed by atoms with van der Waals surface area (Å²) in [4.78, 5) is 23.2. The maximum absolute atomic E-state index is 12.9. The first-order valence-electron chi connectivity index (χ1n) is 7.16. The van der Waals surface area contributed by atoms with E-state index in [1.165, 1.54) is 12.0 Å². The van der Waals surface area contributed by atoms with E-state index in [0.29, 0.717) is 19.2 Å². The summed E-state index contributed by atoms with van der Waals surface area (Å²) in [5.74, 6) is 0. The maximum Gasteiger partial charge on any atom is 0.423 e. The molecule has 1 saturated heterocycles. The summed E-state index contributed by atoms with van der Waals surface area (Å²) in [6.45, 7) is 0.798. The molecule has 1 aliphatic heterocycles. The number of carbonyl (C=O) groups is 1. The van der Waals surface area contributed by atoms with Crippen molar-refractivity contribution in [3.63, 3.8) is 0 Å². The molecular weight excluding hydrogens is 331 g/mol. The second-order valence-electron chi connectivity index (χ2n) is 5.36. The number of nitrogens with one attached hydrogen (secondary N) is 1. The largest absolute Gasteiger partial charge is 0.423 e. The third kappa shape index (κ3) is 4.13. The summed E-state index contributed by atoms with van der Waals surface area (Å²) in [6.07, 6.45) is -3.49. The number of nitrogens with zero attached hydrogens (tertiary/aromatic N) is 2. The van der Waals surface area contributed by atoms with E-state index in [9.17, 15) is 28.1 Å². The van der Waals surface area contributed by atoms with Gasteiger partial charge >= 0.3 is 12.2 Å². The maximum atomic E-state index is 12.9. The van der Waals surface area contributed by atoms with Crippen LogP contribution in [0.1, 0.15) is 18.4 Å². The highest BCUT2D eigenvalue weighted by Crippen LogP contribution is 2.37. The lowest BCUT2D eigenvalue weighted by Gasteiger charge is -2.31. The Kier molecular flexibility index (Phi) is 5.27. The Morgan fingerprint density at radius 2 is 2.17 bits per heavy atom. The van der Waals surface area contributed by atoms with Gasteiger partial charge in [-0.2, -0.15) is 13.2 Å². The van der Waals surface area contributed by atoms with Gasteiger partial charge in [-0.25, -0.2) is 4.79 Å². The van der Waals surface area contributed by atoms with Crippen LogP contribution in [0.5, 0.6) is 0 Å². The zero-order valence-electron chi connectivity index (χ0n) is 12.8. The lowest BCUT2D eigenvalue weighted by Crippen LogP contribution is -2.44. The van der Waals surface area contributed by atoms with Gasteiger partial charge in [-0.15, -0.1) is 0 Å². The zero-order chi connectivity index (χ0) is 17.9. The number of alkyl halides is 3. The predicted molar refractivity (Wildman–Crippen MR) is 78.7 cm³/mol. The number of nitro benzene ring substituents is 1. The van der Waals surface area contributed by atoms with E-state index in [4.69, 9.17) is 4.74 Å². The average molecular weight is 347 g/mol. The molecule has 2 amide bonds. The van der Waals surface area contributed by atoms with E-state index in [0.717, 1.165) is 25.0 Å². The van der Waals surface area contributed by atoms with Gasteiger partial charge in [0.05, 0.1) is 11.0 Å². The average Bonchev–Trinajstić information content (AvgIpc) is 2.53. The fraction of sp³-hybridized carbons (Fsp3) is 0.500. The minimum atomic E-state index is -4.89. The lowest BCUT2D eigenvalue weighted by atomic mass is 10.1. The molecular formula is C14H16F3N3O4. The summed E-state index contributed by atoms with van der Waals surface area (Å²) >= 11 is 0. The van der Waals surface area contributed by atoms with Crippen molar-refractivity contribution in [2.45, 2.75) is 25.1 Å². The second kappa shape index (κ2) is 7.04. The number of halogens is 3. The van der Waals surface area contributed by atoms with Crippen LogP contribution in [0.25, 0.3) is 0 Å². The van der Waals surface area contributed by atoms with E-state index in [-0.39, 0.29) is 11.8 Å². The Bertz CT molecular complexity index is 636. The first-order chi connectivity index (χ1) is 11.2. The van der Waals surface area contributed by atoms with Crippen LogP contribution >= 0.6 is 0 Å². The van der Waals surface area contributed by atoms with Crippen LogP contribution in [0.4, 0.5) is 29.3 Å². The van der Waals surface area contributed by atoms with Gasteiger partial charge in [0.1, 0.15) is 5.56 Å². The lowest BCUT2D eigenvalue weighted by molar-refractivity contribution is -0.388. The molecule has 0 bridgehead atoms. The van der Waals surface area contributed by atoms with Gasteiger partial charge in [0, 0.05) is 32.0 Å². The van der Waals surface area contributed by atoms with Crippen molar-refractivity contribution >= 4 is 17.4 Å². The molecule has 1 heterocycles. The molecule has 0 aromatic heterocycles. The number of carbonyl (C=O) groups excluding carboxylic acids is 1. The van der Waals surface area contributed by atoms with Crippen molar-refractivity contribution in [1.29, 1.82) is 0 Å². The van der Waals surface area contributed by atoms with E-state index in [1.54, 1.807) is 0 Å². The van der Waals surface area contributed by atoms with Crippen LogP contribution in [-0.2, 0) is 10.9 Å². The Hall–Kier alpha value is -2.36. The second-order valence-corrected chi connectivity index (χ2v) is 5.36. The number of piperidine rings is 1. The van der Waals surface area contributed by atoms with Crippen LogP contribution in [0.15, 0.2) is 18.2 Å². The summed E-state index contributed by atoms with van der Waals surface area (Å²) in [6, 6.07) is 1.79. The Morgan fingerprint density at radius 1 is 1.46 bits per heavy atom. The molecule has 10 heteroatoms. The number of hydrogen-bond acceptors (Lipinski definition) is 4. The fourth-order valence-electron chi connectivity index (χ4n) is 2.52. The van der Waals surface area contributed by atoms with Gasteiger partial charge in [-0.05, 0) is 25.0 Å². The van der Waals surface area contributed by atoms with Gasteiger partial charge in [0.2, 0.25) is 0 Å². The number of benzene rings is 1. The van der Waals surface area contributed by atoms with Crippen LogP contribution in [-0.4, -0.2) is 42.2 Å². The van der Waals surface area contributed by atoms with Crippen molar-refractivity contribution in [2.75, 3.05) is 25.5 Å². The van der Waals surface area contributed by atoms with Gasteiger partial charge in [-0.1, -0.05) is 0 Å². The number of hydrogen-bond donors (Lipinski definition) is 1. The molecule has 1 atom stereocenters. The highest BCUT2D eigenvalue weighted by Gasteiger charge is 2.38. The minimum Gasteiger partial charge on any atom is -0.380 e.